The summed E-state index contributed by atoms with van der Waals surface area (Å²) in [7, 11) is 1.68. The van der Waals surface area contributed by atoms with E-state index in [1.54, 1.807) is 7.11 Å². The maximum atomic E-state index is 5.76. The first-order valence-electron chi connectivity index (χ1n) is 6.14. The predicted molar refractivity (Wildman–Crippen MR) is 70.6 cm³/mol. The first-order valence-corrected chi connectivity index (χ1v) is 6.14. The highest BCUT2D eigenvalue weighted by Crippen LogP contribution is 2.26. The van der Waals surface area contributed by atoms with Gasteiger partial charge in [0, 0.05) is 18.7 Å². The molecule has 3 nitrogen and oxygen atoms in total. The van der Waals surface area contributed by atoms with Gasteiger partial charge in [-0.1, -0.05) is 19.1 Å². The molecule has 0 saturated carbocycles. The van der Waals surface area contributed by atoms with E-state index in [-0.39, 0.29) is 0 Å². The Morgan fingerprint density at radius 3 is 2.71 bits per heavy atom. The first kappa shape index (κ1) is 14.0. The number of nitrogens with one attached hydrogen (secondary N) is 1. The monoisotopic (exact) mass is 237 g/mol. The fourth-order valence-corrected chi connectivity index (χ4v) is 1.78. The summed E-state index contributed by atoms with van der Waals surface area (Å²) in [4.78, 5) is 0. The maximum absolute atomic E-state index is 5.76. The average molecular weight is 237 g/mol. The van der Waals surface area contributed by atoms with Crippen LogP contribution in [0.4, 0.5) is 0 Å². The third kappa shape index (κ3) is 4.36. The Bertz CT molecular complexity index is 339. The molecule has 1 unspecified atom stereocenters. The number of hydrogen-bond donors (Lipinski definition) is 1. The van der Waals surface area contributed by atoms with E-state index in [1.807, 2.05) is 0 Å². The molecule has 0 aliphatic carbocycles. The normalized spacial score (nSPS) is 12.5. The van der Waals surface area contributed by atoms with Crippen LogP contribution in [-0.4, -0.2) is 26.9 Å². The second kappa shape index (κ2) is 7.30. The Kier molecular flexibility index (Phi) is 6.01. The first-order chi connectivity index (χ1) is 8.19. The quantitative estimate of drug-likeness (QED) is 0.740. The van der Waals surface area contributed by atoms with Crippen LogP contribution in [0.2, 0.25) is 0 Å². The lowest BCUT2D eigenvalue weighted by Gasteiger charge is -2.18. The number of hydrogen-bond acceptors (Lipinski definition) is 3. The molecule has 0 bridgehead atoms. The highest BCUT2D eigenvalue weighted by atomic mass is 16.5. The molecule has 0 spiro atoms. The van der Waals surface area contributed by atoms with Crippen LogP contribution < -0.4 is 10.1 Å². The van der Waals surface area contributed by atoms with Gasteiger partial charge in [-0.3, -0.25) is 0 Å². The van der Waals surface area contributed by atoms with Crippen LogP contribution in [0, 0.1) is 6.92 Å². The minimum atomic E-state index is 0.304. The molecular weight excluding hydrogens is 214 g/mol. The summed E-state index contributed by atoms with van der Waals surface area (Å²) >= 11 is 0. The molecule has 0 aliphatic rings. The number of rotatable bonds is 7. The molecule has 1 N–H and O–H groups in total. The van der Waals surface area contributed by atoms with Crippen LogP contribution in [-0.2, 0) is 4.74 Å². The zero-order chi connectivity index (χ0) is 12.7. The largest absolute Gasteiger partial charge is 0.491 e. The molecular formula is C14H23NO2. The number of methoxy groups -OCH3 is 1. The van der Waals surface area contributed by atoms with E-state index in [1.165, 1.54) is 11.1 Å². The Hall–Kier alpha value is -1.06. The molecule has 3 heteroatoms. The third-order valence-corrected chi connectivity index (χ3v) is 2.69. The highest BCUT2D eigenvalue weighted by molar-refractivity contribution is 5.39. The Balaban J connectivity index is 2.79. The van der Waals surface area contributed by atoms with Crippen molar-refractivity contribution in [2.75, 3.05) is 26.9 Å². The van der Waals surface area contributed by atoms with Gasteiger partial charge in [0.15, 0.2) is 0 Å². The second-order valence-corrected chi connectivity index (χ2v) is 4.16. The minimum absolute atomic E-state index is 0.304. The molecule has 1 aromatic carbocycles. The van der Waals surface area contributed by atoms with E-state index in [0.29, 0.717) is 19.3 Å². The van der Waals surface area contributed by atoms with Crippen molar-refractivity contribution in [2.45, 2.75) is 26.8 Å². The van der Waals surface area contributed by atoms with Crippen molar-refractivity contribution in [1.82, 2.24) is 5.32 Å². The van der Waals surface area contributed by atoms with Crippen LogP contribution in [0.3, 0.4) is 0 Å². The number of ether oxygens (including phenoxy) is 2. The van der Waals surface area contributed by atoms with E-state index in [2.05, 4.69) is 44.3 Å². The van der Waals surface area contributed by atoms with Gasteiger partial charge < -0.3 is 14.8 Å². The lowest BCUT2D eigenvalue weighted by atomic mass is 10.0. The molecule has 0 heterocycles. The van der Waals surface area contributed by atoms with Crippen molar-refractivity contribution in [3.05, 3.63) is 29.3 Å². The van der Waals surface area contributed by atoms with Gasteiger partial charge in [-0.25, -0.2) is 0 Å². The standard InChI is InChI=1S/C14H23NO2/c1-5-15-12(3)13-7-6-11(2)10-14(13)17-9-8-16-4/h6-7,10,12,15H,5,8-9H2,1-4H3. The highest BCUT2D eigenvalue weighted by Gasteiger charge is 2.10. The molecule has 96 valence electrons. The molecule has 0 amide bonds. The average Bonchev–Trinajstić information content (AvgIpc) is 2.30. The van der Waals surface area contributed by atoms with E-state index in [0.717, 1.165) is 12.3 Å². The van der Waals surface area contributed by atoms with Crippen LogP contribution in [0.5, 0.6) is 5.75 Å². The van der Waals surface area contributed by atoms with Gasteiger partial charge in [0.25, 0.3) is 0 Å². The van der Waals surface area contributed by atoms with Crippen molar-refractivity contribution >= 4 is 0 Å². The summed E-state index contributed by atoms with van der Waals surface area (Å²) in [6.45, 7) is 8.49. The Morgan fingerprint density at radius 1 is 1.29 bits per heavy atom. The van der Waals surface area contributed by atoms with Crippen molar-refractivity contribution in [2.24, 2.45) is 0 Å². The summed E-state index contributed by atoms with van der Waals surface area (Å²) in [6, 6.07) is 6.63. The second-order valence-electron chi connectivity index (χ2n) is 4.16. The molecule has 0 aromatic heterocycles. The van der Waals surface area contributed by atoms with Crippen LogP contribution >= 0.6 is 0 Å². The molecule has 17 heavy (non-hydrogen) atoms. The van der Waals surface area contributed by atoms with Gasteiger partial charge in [-0.2, -0.15) is 0 Å². The molecule has 0 saturated heterocycles. The Labute approximate surface area is 104 Å². The number of aryl methyl sites for hydroxylation is 1. The molecule has 0 fully saturated rings. The summed E-state index contributed by atoms with van der Waals surface area (Å²) in [6.07, 6.45) is 0. The molecule has 1 atom stereocenters. The van der Waals surface area contributed by atoms with E-state index < -0.39 is 0 Å². The van der Waals surface area contributed by atoms with E-state index >= 15 is 0 Å². The van der Waals surface area contributed by atoms with Crippen molar-refractivity contribution in [3.63, 3.8) is 0 Å². The SMILES string of the molecule is CCNC(C)c1ccc(C)cc1OCCOC. The summed E-state index contributed by atoms with van der Waals surface area (Å²) < 4.78 is 10.8. The van der Waals surface area contributed by atoms with Crippen LogP contribution in [0.25, 0.3) is 0 Å². The lowest BCUT2D eigenvalue weighted by Crippen LogP contribution is -2.19. The molecule has 1 aromatic rings. The predicted octanol–water partition coefficient (Wildman–Crippen LogP) is 2.69. The van der Waals surface area contributed by atoms with Crippen LogP contribution in [0.15, 0.2) is 18.2 Å². The molecule has 1 rings (SSSR count). The van der Waals surface area contributed by atoms with Crippen molar-refractivity contribution in [3.8, 4) is 5.75 Å². The molecule has 0 radical (unpaired) electrons. The smallest absolute Gasteiger partial charge is 0.124 e. The van der Waals surface area contributed by atoms with E-state index in [9.17, 15) is 0 Å². The summed E-state index contributed by atoms with van der Waals surface area (Å²) in [5, 5.41) is 3.40. The lowest BCUT2D eigenvalue weighted by molar-refractivity contribution is 0.145. The van der Waals surface area contributed by atoms with Gasteiger partial charge in [0.05, 0.1) is 6.61 Å². The zero-order valence-electron chi connectivity index (χ0n) is 11.2. The maximum Gasteiger partial charge on any atom is 0.124 e. The fourth-order valence-electron chi connectivity index (χ4n) is 1.78. The van der Waals surface area contributed by atoms with Gasteiger partial charge in [0.2, 0.25) is 0 Å². The minimum Gasteiger partial charge on any atom is -0.491 e. The third-order valence-electron chi connectivity index (χ3n) is 2.69. The Morgan fingerprint density at radius 2 is 2.06 bits per heavy atom. The van der Waals surface area contributed by atoms with Crippen LogP contribution in [0.1, 0.15) is 31.0 Å². The summed E-state index contributed by atoms with van der Waals surface area (Å²) in [5.41, 5.74) is 2.42. The number of benzene rings is 1. The van der Waals surface area contributed by atoms with Gasteiger partial charge in [-0.15, -0.1) is 0 Å². The van der Waals surface area contributed by atoms with Crippen molar-refractivity contribution in [1.29, 1.82) is 0 Å². The van der Waals surface area contributed by atoms with E-state index in [4.69, 9.17) is 9.47 Å². The van der Waals surface area contributed by atoms with Gasteiger partial charge in [-0.05, 0) is 32.0 Å². The van der Waals surface area contributed by atoms with Crippen molar-refractivity contribution < 1.29 is 9.47 Å². The topological polar surface area (TPSA) is 30.5 Å². The van der Waals surface area contributed by atoms with Gasteiger partial charge >= 0.3 is 0 Å². The zero-order valence-corrected chi connectivity index (χ0v) is 11.2. The fraction of sp³-hybridized carbons (Fsp3) is 0.571. The molecule has 0 aliphatic heterocycles. The van der Waals surface area contributed by atoms with Gasteiger partial charge in [0.1, 0.15) is 12.4 Å². The summed E-state index contributed by atoms with van der Waals surface area (Å²) in [5.74, 6) is 0.954.